The molecule has 0 aliphatic carbocycles. The smallest absolute Gasteiger partial charge is 0.272 e. The van der Waals surface area contributed by atoms with Crippen LogP contribution in [0.4, 0.5) is 11.4 Å². The molecule has 5 rings (SSSR count). The molecule has 5 aromatic rings. The van der Waals surface area contributed by atoms with Crippen LogP contribution in [0.2, 0.25) is 0 Å². The van der Waals surface area contributed by atoms with E-state index in [1.807, 2.05) is 42.5 Å². The molecule has 0 atom stereocenters. The van der Waals surface area contributed by atoms with Crippen molar-refractivity contribution < 1.29 is 14.5 Å². The molecule has 12 heteroatoms. The van der Waals surface area contributed by atoms with Gasteiger partial charge in [-0.25, -0.2) is 0 Å². The number of thioether (sulfide) groups is 1. The van der Waals surface area contributed by atoms with Crippen molar-refractivity contribution in [2.45, 2.75) is 10.6 Å². The first-order valence-electron chi connectivity index (χ1n) is 12.7. The zero-order chi connectivity index (χ0) is 29.3. The lowest BCUT2D eigenvalue weighted by Gasteiger charge is -2.12. The highest BCUT2D eigenvalue weighted by Crippen LogP contribution is 2.24. The first kappa shape index (κ1) is 27.9. The molecule has 42 heavy (non-hydrogen) atoms. The SMILES string of the molecule is O=C(Nc1ccc(SCc2nnnn2-c2ccccc2)cc1)/C(=C/c1ccc([N+](=O)[O-])cc1)NC(=O)c1ccccc1. The highest BCUT2D eigenvalue weighted by molar-refractivity contribution is 7.98. The van der Waals surface area contributed by atoms with E-state index in [4.69, 9.17) is 0 Å². The molecule has 0 aliphatic heterocycles. The second kappa shape index (κ2) is 13.2. The fraction of sp³-hybridized carbons (Fsp3) is 0.0333. The third kappa shape index (κ3) is 7.11. The van der Waals surface area contributed by atoms with Crippen LogP contribution in [-0.4, -0.2) is 36.9 Å². The Labute approximate surface area is 244 Å². The number of nitro benzene ring substituents is 1. The van der Waals surface area contributed by atoms with Crippen molar-refractivity contribution in [3.8, 4) is 5.69 Å². The van der Waals surface area contributed by atoms with E-state index in [2.05, 4.69) is 26.2 Å². The Bertz CT molecular complexity index is 1720. The summed E-state index contributed by atoms with van der Waals surface area (Å²) in [5, 5.41) is 28.5. The molecular formula is C30H23N7O4S. The predicted molar refractivity (Wildman–Crippen MR) is 159 cm³/mol. The van der Waals surface area contributed by atoms with Crippen LogP contribution in [0.5, 0.6) is 0 Å². The molecule has 208 valence electrons. The van der Waals surface area contributed by atoms with Crippen molar-refractivity contribution in [2.75, 3.05) is 5.32 Å². The molecule has 0 bridgehead atoms. The Morgan fingerprint density at radius 1 is 0.881 bits per heavy atom. The van der Waals surface area contributed by atoms with Gasteiger partial charge in [0, 0.05) is 28.3 Å². The zero-order valence-corrected chi connectivity index (χ0v) is 22.8. The Morgan fingerprint density at radius 2 is 1.55 bits per heavy atom. The fourth-order valence-electron chi connectivity index (χ4n) is 3.85. The van der Waals surface area contributed by atoms with E-state index < -0.39 is 16.7 Å². The number of carbonyl (C=O) groups is 2. The molecule has 0 saturated heterocycles. The Morgan fingerprint density at radius 3 is 2.21 bits per heavy atom. The molecule has 2 amide bonds. The van der Waals surface area contributed by atoms with Gasteiger partial charge in [-0.05, 0) is 82.7 Å². The second-order valence-electron chi connectivity index (χ2n) is 8.84. The van der Waals surface area contributed by atoms with Crippen molar-refractivity contribution in [1.82, 2.24) is 25.5 Å². The standard InChI is InChI=1S/C30H23N7O4S/c38-29(22-7-3-1-4-8-22)32-27(19-21-11-15-25(16-12-21)37(40)41)30(39)31-23-13-17-26(18-14-23)42-20-28-33-34-35-36(28)24-9-5-2-6-10-24/h1-19H,20H2,(H,31,39)(H,32,38)/b27-19-. The normalized spacial score (nSPS) is 11.1. The number of anilines is 1. The van der Waals surface area contributed by atoms with Crippen LogP contribution in [0.25, 0.3) is 11.8 Å². The molecule has 0 fully saturated rings. The summed E-state index contributed by atoms with van der Waals surface area (Å²) >= 11 is 1.54. The molecule has 0 radical (unpaired) electrons. The summed E-state index contributed by atoms with van der Waals surface area (Å²) in [4.78, 5) is 37.5. The second-order valence-corrected chi connectivity index (χ2v) is 9.89. The molecule has 0 aliphatic rings. The highest BCUT2D eigenvalue weighted by Gasteiger charge is 2.16. The van der Waals surface area contributed by atoms with E-state index in [9.17, 15) is 19.7 Å². The summed E-state index contributed by atoms with van der Waals surface area (Å²) in [6.07, 6.45) is 1.46. The molecule has 2 N–H and O–H groups in total. The van der Waals surface area contributed by atoms with Crippen LogP contribution in [0.3, 0.4) is 0 Å². The Kier molecular flexibility index (Phi) is 8.75. The number of benzene rings is 4. The number of rotatable bonds is 10. The van der Waals surface area contributed by atoms with Gasteiger partial charge in [0.05, 0.1) is 16.4 Å². The third-order valence-electron chi connectivity index (χ3n) is 5.96. The molecule has 1 heterocycles. The number of nitrogens with zero attached hydrogens (tertiary/aromatic N) is 5. The third-order valence-corrected chi connectivity index (χ3v) is 6.97. The van der Waals surface area contributed by atoms with Crippen molar-refractivity contribution >= 4 is 41.0 Å². The van der Waals surface area contributed by atoms with E-state index in [0.29, 0.717) is 28.4 Å². The fourth-order valence-corrected chi connectivity index (χ4v) is 4.65. The molecule has 0 unspecified atom stereocenters. The lowest BCUT2D eigenvalue weighted by Crippen LogP contribution is -2.30. The number of amides is 2. The number of aromatic nitrogens is 4. The number of tetrazole rings is 1. The van der Waals surface area contributed by atoms with Crippen molar-refractivity contribution in [3.05, 3.63) is 142 Å². The van der Waals surface area contributed by atoms with Gasteiger partial charge in [0.1, 0.15) is 5.70 Å². The first-order valence-corrected chi connectivity index (χ1v) is 13.6. The minimum absolute atomic E-state index is 0.0242. The minimum atomic E-state index is -0.555. The summed E-state index contributed by atoms with van der Waals surface area (Å²) in [7, 11) is 0. The maximum absolute atomic E-state index is 13.3. The maximum Gasteiger partial charge on any atom is 0.272 e. The van der Waals surface area contributed by atoms with Gasteiger partial charge in [-0.1, -0.05) is 36.4 Å². The summed E-state index contributed by atoms with van der Waals surface area (Å²) in [5.74, 6) is 0.198. The first-order chi connectivity index (χ1) is 20.5. The Hall–Kier alpha value is -5.62. The van der Waals surface area contributed by atoms with Crippen LogP contribution in [0.1, 0.15) is 21.7 Å². The van der Waals surface area contributed by atoms with Gasteiger partial charge < -0.3 is 10.6 Å². The number of nitrogens with one attached hydrogen (secondary N) is 2. The monoisotopic (exact) mass is 577 g/mol. The summed E-state index contributed by atoms with van der Waals surface area (Å²) < 4.78 is 1.68. The molecule has 11 nitrogen and oxygen atoms in total. The van der Waals surface area contributed by atoms with Gasteiger partial charge in [-0.15, -0.1) is 16.9 Å². The van der Waals surface area contributed by atoms with Gasteiger partial charge >= 0.3 is 0 Å². The van der Waals surface area contributed by atoms with Crippen molar-refractivity contribution in [1.29, 1.82) is 0 Å². The van der Waals surface area contributed by atoms with E-state index >= 15 is 0 Å². The molecule has 0 spiro atoms. The average Bonchev–Trinajstić information content (AvgIpc) is 3.50. The summed E-state index contributed by atoms with van der Waals surface area (Å²) in [6, 6.07) is 31.0. The highest BCUT2D eigenvalue weighted by atomic mass is 32.2. The Balaban J connectivity index is 1.28. The van der Waals surface area contributed by atoms with E-state index in [-0.39, 0.29) is 11.4 Å². The van der Waals surface area contributed by atoms with Crippen molar-refractivity contribution in [2.24, 2.45) is 0 Å². The van der Waals surface area contributed by atoms with Gasteiger partial charge in [0.2, 0.25) is 0 Å². The number of non-ortho nitro benzene ring substituents is 1. The van der Waals surface area contributed by atoms with Gasteiger partial charge in [0.15, 0.2) is 5.82 Å². The molecular weight excluding hydrogens is 554 g/mol. The summed E-state index contributed by atoms with van der Waals surface area (Å²) in [6.45, 7) is 0. The lowest BCUT2D eigenvalue weighted by atomic mass is 10.1. The predicted octanol–water partition coefficient (Wildman–Crippen LogP) is 5.27. The topological polar surface area (TPSA) is 145 Å². The van der Waals surface area contributed by atoms with Crippen LogP contribution >= 0.6 is 11.8 Å². The number of para-hydroxylation sites is 1. The number of nitro groups is 1. The van der Waals surface area contributed by atoms with Crippen LogP contribution in [-0.2, 0) is 10.5 Å². The van der Waals surface area contributed by atoms with E-state index in [1.165, 1.54) is 42.1 Å². The van der Waals surface area contributed by atoms with Crippen molar-refractivity contribution in [3.63, 3.8) is 0 Å². The van der Waals surface area contributed by atoms with Gasteiger partial charge in [-0.3, -0.25) is 19.7 Å². The average molecular weight is 578 g/mol. The molecule has 4 aromatic carbocycles. The molecule has 0 saturated carbocycles. The zero-order valence-electron chi connectivity index (χ0n) is 22.0. The lowest BCUT2D eigenvalue weighted by molar-refractivity contribution is -0.384. The maximum atomic E-state index is 13.3. The van der Waals surface area contributed by atoms with Crippen LogP contribution in [0.15, 0.2) is 120 Å². The quantitative estimate of drug-likeness (QED) is 0.0988. The van der Waals surface area contributed by atoms with Crippen LogP contribution in [0, 0.1) is 10.1 Å². The minimum Gasteiger partial charge on any atom is -0.321 e. The van der Waals surface area contributed by atoms with Gasteiger partial charge in [0.25, 0.3) is 17.5 Å². The van der Waals surface area contributed by atoms with E-state index in [1.54, 1.807) is 47.1 Å². The van der Waals surface area contributed by atoms with Gasteiger partial charge in [-0.2, -0.15) is 4.68 Å². The largest absolute Gasteiger partial charge is 0.321 e. The van der Waals surface area contributed by atoms with Crippen LogP contribution < -0.4 is 10.6 Å². The summed E-state index contributed by atoms with van der Waals surface area (Å²) in [5.41, 5.74) is 2.16. The molecule has 1 aromatic heterocycles. The number of hydrogen-bond acceptors (Lipinski definition) is 8. The number of hydrogen-bond donors (Lipinski definition) is 2. The number of carbonyl (C=O) groups excluding carboxylic acids is 2. The van der Waals surface area contributed by atoms with E-state index in [0.717, 1.165) is 10.6 Å².